The number of carbonyl (C=O) groups excluding carboxylic acids is 1. The van der Waals surface area contributed by atoms with Gasteiger partial charge in [-0.15, -0.1) is 0 Å². The molecule has 0 radical (unpaired) electrons. The fraction of sp³-hybridized carbons (Fsp3) is 0.500. The van der Waals surface area contributed by atoms with Gasteiger partial charge in [-0.1, -0.05) is 12.7 Å². The minimum atomic E-state index is -2.96. The maximum absolute atomic E-state index is 12.2. The number of amides is 1. The van der Waals surface area contributed by atoms with Gasteiger partial charge in [0.1, 0.15) is 12.6 Å². The Labute approximate surface area is 84.7 Å². The third-order valence-electron chi connectivity index (χ3n) is 1.33. The smallest absolute Gasteiger partial charge is 0.407 e. The Morgan fingerprint density at radius 3 is 2.53 bits per heavy atom. The number of hydrogen-bond acceptors (Lipinski definition) is 3. The summed E-state index contributed by atoms with van der Waals surface area (Å²) in [5.74, 6) is -1.43. The van der Waals surface area contributed by atoms with Gasteiger partial charge in [0.25, 0.3) is 6.43 Å². The zero-order valence-electron chi connectivity index (χ0n) is 7.78. The van der Waals surface area contributed by atoms with Gasteiger partial charge in [0.05, 0.1) is 6.42 Å². The van der Waals surface area contributed by atoms with Crippen LogP contribution in [0.15, 0.2) is 12.7 Å². The fourth-order valence-corrected chi connectivity index (χ4v) is 0.719. The van der Waals surface area contributed by atoms with Gasteiger partial charge < -0.3 is 15.2 Å². The lowest BCUT2D eigenvalue weighted by Crippen LogP contribution is -2.41. The monoisotopic (exact) mass is 223 g/mol. The Bertz CT molecular complexity index is 245. The number of carboxylic acid groups (broad SMARTS) is 1. The summed E-state index contributed by atoms with van der Waals surface area (Å²) in [6.07, 6.45) is -3.66. The molecule has 0 saturated heterocycles. The highest BCUT2D eigenvalue weighted by atomic mass is 19.3. The van der Waals surface area contributed by atoms with Gasteiger partial charge in [-0.05, 0) is 0 Å². The number of hydrogen-bond donors (Lipinski definition) is 2. The molecule has 0 aliphatic rings. The minimum Gasteiger partial charge on any atom is -0.481 e. The SMILES string of the molecule is C=CCOC(=O)NC(CC(=O)O)C(F)F. The molecule has 2 N–H and O–H groups in total. The lowest BCUT2D eigenvalue weighted by molar-refractivity contribution is -0.138. The minimum absolute atomic E-state index is 0.130. The Morgan fingerprint density at radius 2 is 2.13 bits per heavy atom. The molecule has 0 bridgehead atoms. The molecule has 0 fully saturated rings. The summed E-state index contributed by atoms with van der Waals surface area (Å²) in [6, 6.07) is -1.75. The Balaban J connectivity index is 4.09. The van der Waals surface area contributed by atoms with Crippen molar-refractivity contribution in [2.24, 2.45) is 0 Å². The van der Waals surface area contributed by atoms with Gasteiger partial charge in [0.2, 0.25) is 0 Å². The predicted octanol–water partition coefficient (Wildman–Crippen LogP) is 1.01. The summed E-state index contributed by atoms with van der Waals surface area (Å²) in [6.45, 7) is 3.12. The first kappa shape index (κ1) is 13.3. The van der Waals surface area contributed by atoms with E-state index in [4.69, 9.17) is 5.11 Å². The van der Waals surface area contributed by atoms with Crippen molar-refractivity contribution in [3.05, 3.63) is 12.7 Å². The molecule has 1 unspecified atom stereocenters. The van der Waals surface area contributed by atoms with Gasteiger partial charge >= 0.3 is 12.1 Å². The van der Waals surface area contributed by atoms with Crippen LogP contribution in [0.4, 0.5) is 13.6 Å². The third-order valence-corrected chi connectivity index (χ3v) is 1.33. The molecule has 0 rings (SSSR count). The number of ether oxygens (including phenoxy) is 1. The number of carbonyl (C=O) groups is 2. The molecule has 15 heavy (non-hydrogen) atoms. The van der Waals surface area contributed by atoms with Crippen molar-refractivity contribution in [3.8, 4) is 0 Å². The van der Waals surface area contributed by atoms with E-state index >= 15 is 0 Å². The molecule has 0 saturated carbocycles. The molecule has 1 atom stereocenters. The van der Waals surface area contributed by atoms with Crippen LogP contribution in [0.2, 0.25) is 0 Å². The maximum atomic E-state index is 12.2. The maximum Gasteiger partial charge on any atom is 0.407 e. The van der Waals surface area contributed by atoms with E-state index < -0.39 is 31.0 Å². The van der Waals surface area contributed by atoms with Crippen LogP contribution in [-0.4, -0.2) is 36.2 Å². The predicted molar refractivity (Wildman–Crippen MR) is 46.7 cm³/mol. The molecule has 0 aromatic carbocycles. The second kappa shape index (κ2) is 6.74. The molecular weight excluding hydrogens is 212 g/mol. The van der Waals surface area contributed by atoms with Crippen LogP contribution >= 0.6 is 0 Å². The standard InChI is InChI=1S/C8H11F2NO4/c1-2-3-15-8(14)11-5(7(9)10)4-6(12)13/h2,5,7H,1,3-4H2,(H,11,14)(H,12,13). The normalized spacial score (nSPS) is 11.9. The average molecular weight is 223 g/mol. The first-order valence-corrected chi connectivity index (χ1v) is 4.01. The summed E-state index contributed by atoms with van der Waals surface area (Å²) < 4.78 is 28.7. The summed E-state index contributed by atoms with van der Waals surface area (Å²) in [5.41, 5.74) is 0. The van der Waals surface area contributed by atoms with Gasteiger partial charge in [0, 0.05) is 0 Å². The number of halogens is 2. The van der Waals surface area contributed by atoms with E-state index in [1.807, 2.05) is 0 Å². The van der Waals surface area contributed by atoms with Crippen LogP contribution in [0.5, 0.6) is 0 Å². The first-order valence-electron chi connectivity index (χ1n) is 4.01. The van der Waals surface area contributed by atoms with Crippen LogP contribution in [0.25, 0.3) is 0 Å². The van der Waals surface area contributed by atoms with Crippen molar-refractivity contribution in [3.63, 3.8) is 0 Å². The summed E-state index contributed by atoms with van der Waals surface area (Å²) >= 11 is 0. The van der Waals surface area contributed by atoms with Crippen molar-refractivity contribution in [1.82, 2.24) is 5.32 Å². The van der Waals surface area contributed by atoms with E-state index in [9.17, 15) is 18.4 Å². The van der Waals surface area contributed by atoms with E-state index in [0.29, 0.717) is 0 Å². The van der Waals surface area contributed by atoms with Gasteiger partial charge in [0.15, 0.2) is 0 Å². The summed E-state index contributed by atoms with van der Waals surface area (Å²) in [7, 11) is 0. The highest BCUT2D eigenvalue weighted by molar-refractivity contribution is 5.71. The van der Waals surface area contributed by atoms with Crippen LogP contribution in [-0.2, 0) is 9.53 Å². The average Bonchev–Trinajstić information content (AvgIpc) is 2.12. The van der Waals surface area contributed by atoms with Gasteiger partial charge in [-0.25, -0.2) is 13.6 Å². The van der Waals surface area contributed by atoms with E-state index in [2.05, 4.69) is 11.3 Å². The Hall–Kier alpha value is -1.66. The lowest BCUT2D eigenvalue weighted by atomic mass is 10.2. The lowest BCUT2D eigenvalue weighted by Gasteiger charge is -2.15. The molecular formula is C8H11F2NO4. The molecule has 0 aliphatic heterocycles. The number of aliphatic carboxylic acids is 1. The zero-order chi connectivity index (χ0) is 11.8. The molecule has 0 heterocycles. The van der Waals surface area contributed by atoms with E-state index in [1.165, 1.54) is 6.08 Å². The van der Waals surface area contributed by atoms with Gasteiger partial charge in [-0.2, -0.15) is 0 Å². The van der Waals surface area contributed by atoms with Crippen molar-refractivity contribution < 1.29 is 28.2 Å². The largest absolute Gasteiger partial charge is 0.481 e. The van der Waals surface area contributed by atoms with E-state index in [0.717, 1.165) is 0 Å². The van der Waals surface area contributed by atoms with Crippen molar-refractivity contribution >= 4 is 12.1 Å². The third kappa shape index (κ3) is 6.42. The highest BCUT2D eigenvalue weighted by Crippen LogP contribution is 2.05. The molecule has 0 aliphatic carbocycles. The Morgan fingerprint density at radius 1 is 1.53 bits per heavy atom. The van der Waals surface area contributed by atoms with Crippen molar-refractivity contribution in [2.75, 3.05) is 6.61 Å². The first-order chi connectivity index (χ1) is 6.97. The molecule has 5 nitrogen and oxygen atoms in total. The van der Waals surface area contributed by atoms with Crippen molar-refractivity contribution in [1.29, 1.82) is 0 Å². The second-order valence-electron chi connectivity index (χ2n) is 2.57. The van der Waals surface area contributed by atoms with Crippen LogP contribution in [0.3, 0.4) is 0 Å². The van der Waals surface area contributed by atoms with E-state index in [-0.39, 0.29) is 6.61 Å². The fourth-order valence-electron chi connectivity index (χ4n) is 0.719. The zero-order valence-corrected chi connectivity index (χ0v) is 7.78. The number of alkyl halides is 2. The second-order valence-corrected chi connectivity index (χ2v) is 2.57. The highest BCUT2D eigenvalue weighted by Gasteiger charge is 2.25. The number of rotatable bonds is 6. The van der Waals surface area contributed by atoms with Crippen LogP contribution < -0.4 is 5.32 Å². The molecule has 0 aromatic rings. The molecule has 1 amide bonds. The molecule has 86 valence electrons. The number of alkyl carbamates (subject to hydrolysis) is 1. The summed E-state index contributed by atoms with van der Waals surface area (Å²) in [5, 5.41) is 10.0. The van der Waals surface area contributed by atoms with Crippen LogP contribution in [0.1, 0.15) is 6.42 Å². The topological polar surface area (TPSA) is 75.6 Å². The molecule has 0 aromatic heterocycles. The molecule has 7 heteroatoms. The Kier molecular flexibility index (Phi) is 6.00. The summed E-state index contributed by atoms with van der Waals surface area (Å²) in [4.78, 5) is 21.0. The quantitative estimate of drug-likeness (QED) is 0.659. The number of nitrogens with one attached hydrogen (secondary N) is 1. The van der Waals surface area contributed by atoms with Crippen LogP contribution in [0, 0.1) is 0 Å². The van der Waals surface area contributed by atoms with E-state index in [1.54, 1.807) is 5.32 Å². The number of carboxylic acids is 1. The van der Waals surface area contributed by atoms with Crippen molar-refractivity contribution in [2.45, 2.75) is 18.9 Å². The van der Waals surface area contributed by atoms with Gasteiger partial charge in [-0.3, -0.25) is 4.79 Å². The molecule has 0 spiro atoms.